The molecule has 0 spiro atoms. The van der Waals surface area contributed by atoms with E-state index in [2.05, 4.69) is 20.9 Å². The first-order valence-corrected chi connectivity index (χ1v) is 6.96. The molecule has 0 saturated carbocycles. The summed E-state index contributed by atoms with van der Waals surface area (Å²) in [6.45, 7) is 0.592. The number of carbonyl (C=O) groups is 3. The number of aliphatic imine (C=N–C) groups is 1. The summed E-state index contributed by atoms with van der Waals surface area (Å²) < 4.78 is 0. The van der Waals surface area contributed by atoms with E-state index in [1.165, 1.54) is 0 Å². The van der Waals surface area contributed by atoms with E-state index in [9.17, 15) is 14.4 Å². The first-order valence-electron chi connectivity index (χ1n) is 6.96. The molecule has 7 heteroatoms. The van der Waals surface area contributed by atoms with Gasteiger partial charge in [0.15, 0.2) is 0 Å². The number of hydrogen-bond acceptors (Lipinski definition) is 5. The zero-order valence-corrected chi connectivity index (χ0v) is 11.4. The van der Waals surface area contributed by atoms with Gasteiger partial charge in [0, 0.05) is 24.9 Å². The number of rotatable bonds is 2. The zero-order chi connectivity index (χ0) is 14.8. The number of nitrogens with one attached hydrogen (secondary N) is 3. The third-order valence-corrected chi connectivity index (χ3v) is 3.73. The van der Waals surface area contributed by atoms with Crippen molar-refractivity contribution in [1.82, 2.24) is 16.0 Å². The summed E-state index contributed by atoms with van der Waals surface area (Å²) in [5.74, 6) is -1.06. The average molecular weight is 288 g/mol. The van der Waals surface area contributed by atoms with Gasteiger partial charge in [0.05, 0.1) is 11.6 Å². The number of carbonyl (C=O) groups excluding carboxylic acids is 3. The van der Waals surface area contributed by atoms with Gasteiger partial charge in [0.2, 0.25) is 11.8 Å². The molecule has 21 heavy (non-hydrogen) atoms. The minimum atomic E-state index is -0.663. The largest absolute Gasteiger partial charge is 0.381 e. The Morgan fingerprint density at radius 3 is 3.05 bits per heavy atom. The van der Waals surface area contributed by atoms with Crippen molar-refractivity contribution in [2.75, 3.05) is 6.54 Å². The van der Waals surface area contributed by atoms with E-state index in [-0.39, 0.29) is 24.3 Å². The van der Waals surface area contributed by atoms with Crippen LogP contribution in [0.15, 0.2) is 28.4 Å². The highest BCUT2D eigenvalue weighted by Crippen LogP contribution is 2.22. The Morgan fingerprint density at radius 2 is 2.24 bits per heavy atom. The molecule has 0 aromatic carbocycles. The van der Waals surface area contributed by atoms with Crippen molar-refractivity contribution in [2.24, 2.45) is 4.99 Å². The highest BCUT2D eigenvalue weighted by atomic mass is 16.2. The third kappa shape index (κ3) is 2.72. The van der Waals surface area contributed by atoms with E-state index < -0.39 is 11.9 Å². The standard InChI is InChI=1S/C14H16N4O3/c19-11-5-4-10(14(21)18-11)17-13(20)8-2-1-3-9-12(8)16-7-6-15-9/h1-2,6,9-10,16H,3-5,7H2,(H,17,20)(H,18,19,21)/t9-,10-/m0/s1. The molecule has 0 aromatic heterocycles. The molecular formula is C14H16N4O3. The molecule has 1 fully saturated rings. The van der Waals surface area contributed by atoms with Gasteiger partial charge in [-0.3, -0.25) is 24.7 Å². The lowest BCUT2D eigenvalue weighted by Crippen LogP contribution is -2.52. The van der Waals surface area contributed by atoms with Crippen LogP contribution in [-0.2, 0) is 14.4 Å². The van der Waals surface area contributed by atoms with Crippen molar-refractivity contribution in [3.05, 3.63) is 23.4 Å². The zero-order valence-electron chi connectivity index (χ0n) is 11.4. The van der Waals surface area contributed by atoms with Gasteiger partial charge in [0.25, 0.3) is 5.91 Å². The molecule has 2 heterocycles. The summed E-state index contributed by atoms with van der Waals surface area (Å²) in [4.78, 5) is 39.5. The third-order valence-electron chi connectivity index (χ3n) is 3.73. The molecule has 110 valence electrons. The number of imide groups is 1. The summed E-state index contributed by atoms with van der Waals surface area (Å²) in [7, 11) is 0. The molecule has 0 bridgehead atoms. The van der Waals surface area contributed by atoms with Crippen molar-refractivity contribution in [3.8, 4) is 0 Å². The minimum absolute atomic E-state index is 0.0498. The first kappa shape index (κ1) is 13.5. The van der Waals surface area contributed by atoms with Gasteiger partial charge in [-0.15, -0.1) is 0 Å². The van der Waals surface area contributed by atoms with E-state index in [0.717, 1.165) is 12.1 Å². The van der Waals surface area contributed by atoms with Crippen LogP contribution in [0.3, 0.4) is 0 Å². The van der Waals surface area contributed by atoms with Gasteiger partial charge in [-0.05, 0) is 12.8 Å². The predicted molar refractivity (Wildman–Crippen MR) is 75.4 cm³/mol. The summed E-state index contributed by atoms with van der Waals surface area (Å²) >= 11 is 0. The fourth-order valence-electron chi connectivity index (χ4n) is 2.65. The van der Waals surface area contributed by atoms with Crippen LogP contribution in [0.4, 0.5) is 0 Å². The van der Waals surface area contributed by atoms with Crippen LogP contribution in [0, 0.1) is 0 Å². The van der Waals surface area contributed by atoms with Crippen LogP contribution in [0.5, 0.6) is 0 Å². The number of fused-ring (bicyclic) bond motifs is 1. The molecule has 0 aromatic rings. The molecule has 3 N–H and O–H groups in total. The van der Waals surface area contributed by atoms with Crippen LogP contribution >= 0.6 is 0 Å². The van der Waals surface area contributed by atoms with Crippen LogP contribution < -0.4 is 16.0 Å². The average Bonchev–Trinajstić information content (AvgIpc) is 2.49. The lowest BCUT2D eigenvalue weighted by Gasteiger charge is -2.27. The maximum absolute atomic E-state index is 12.4. The Bertz CT molecular complexity index is 591. The SMILES string of the molecule is O=C1CC[C@H](NC(=O)C2=C3NCC=N[C@H]3CC=C2)C(=O)N1. The Balaban J connectivity index is 1.74. The maximum Gasteiger partial charge on any atom is 0.253 e. The summed E-state index contributed by atoms with van der Waals surface area (Å²) in [5, 5.41) is 8.09. The van der Waals surface area contributed by atoms with E-state index in [1.807, 2.05) is 6.08 Å². The second-order valence-corrected chi connectivity index (χ2v) is 5.17. The summed E-state index contributed by atoms with van der Waals surface area (Å²) in [5.41, 5.74) is 1.30. The van der Waals surface area contributed by atoms with E-state index in [4.69, 9.17) is 0 Å². The summed E-state index contributed by atoms with van der Waals surface area (Å²) in [6, 6.07) is -0.713. The van der Waals surface area contributed by atoms with Crippen LogP contribution in [0.1, 0.15) is 19.3 Å². The fourth-order valence-corrected chi connectivity index (χ4v) is 2.65. The molecule has 3 amide bonds. The van der Waals surface area contributed by atoms with E-state index in [1.54, 1.807) is 12.3 Å². The van der Waals surface area contributed by atoms with Crippen LogP contribution in [-0.4, -0.2) is 42.6 Å². The van der Waals surface area contributed by atoms with Crippen LogP contribution in [0.25, 0.3) is 0 Å². The lowest BCUT2D eigenvalue weighted by atomic mass is 9.96. The monoisotopic (exact) mass is 288 g/mol. The van der Waals surface area contributed by atoms with E-state index >= 15 is 0 Å². The Kier molecular flexibility index (Phi) is 3.55. The molecule has 1 saturated heterocycles. The molecule has 2 aliphatic heterocycles. The van der Waals surface area contributed by atoms with Crippen molar-refractivity contribution in [1.29, 1.82) is 0 Å². The maximum atomic E-state index is 12.4. The highest BCUT2D eigenvalue weighted by Gasteiger charge is 2.30. The van der Waals surface area contributed by atoms with Gasteiger partial charge in [-0.25, -0.2) is 0 Å². The van der Waals surface area contributed by atoms with Crippen LogP contribution in [0.2, 0.25) is 0 Å². The molecular weight excluding hydrogens is 272 g/mol. The van der Waals surface area contributed by atoms with Crippen molar-refractivity contribution >= 4 is 23.9 Å². The lowest BCUT2D eigenvalue weighted by molar-refractivity contribution is -0.136. The van der Waals surface area contributed by atoms with Gasteiger partial charge >= 0.3 is 0 Å². The quantitative estimate of drug-likeness (QED) is 0.577. The Labute approximate surface area is 121 Å². The van der Waals surface area contributed by atoms with Gasteiger partial charge < -0.3 is 10.6 Å². The Morgan fingerprint density at radius 1 is 1.38 bits per heavy atom. The molecule has 0 radical (unpaired) electrons. The van der Waals surface area contributed by atoms with E-state index in [0.29, 0.717) is 18.5 Å². The van der Waals surface area contributed by atoms with Gasteiger partial charge in [-0.1, -0.05) is 12.2 Å². The topological polar surface area (TPSA) is 99.7 Å². The normalized spacial score (nSPS) is 27.8. The Hall–Kier alpha value is -2.44. The molecule has 7 nitrogen and oxygen atoms in total. The van der Waals surface area contributed by atoms with Crippen molar-refractivity contribution < 1.29 is 14.4 Å². The predicted octanol–water partition coefficient (Wildman–Crippen LogP) is -0.836. The highest BCUT2D eigenvalue weighted by molar-refractivity contribution is 6.04. The molecule has 0 unspecified atom stereocenters. The van der Waals surface area contributed by atoms with Gasteiger partial charge in [-0.2, -0.15) is 0 Å². The second-order valence-electron chi connectivity index (χ2n) is 5.17. The molecule has 1 aliphatic carbocycles. The smallest absolute Gasteiger partial charge is 0.253 e. The second kappa shape index (κ2) is 5.51. The molecule has 3 aliphatic rings. The van der Waals surface area contributed by atoms with Crippen molar-refractivity contribution in [3.63, 3.8) is 0 Å². The van der Waals surface area contributed by atoms with Crippen molar-refractivity contribution in [2.45, 2.75) is 31.3 Å². The minimum Gasteiger partial charge on any atom is -0.381 e. The number of hydrogen-bond donors (Lipinski definition) is 3. The van der Waals surface area contributed by atoms with Gasteiger partial charge in [0.1, 0.15) is 6.04 Å². The first-order chi connectivity index (χ1) is 10.1. The number of amides is 3. The molecule has 2 atom stereocenters. The number of piperidine rings is 1. The fraction of sp³-hybridized carbons (Fsp3) is 0.429. The number of nitrogens with zero attached hydrogens (tertiary/aromatic N) is 1. The molecule has 3 rings (SSSR count). The summed E-state index contributed by atoms with van der Waals surface area (Å²) in [6.07, 6.45) is 6.77.